The van der Waals surface area contributed by atoms with Crippen LogP contribution in [0.25, 0.3) is 21.8 Å². The molecule has 2 heterocycles. The molecule has 7 heteroatoms. The van der Waals surface area contributed by atoms with Gasteiger partial charge in [0.05, 0.1) is 48.6 Å². The molecule has 3 rings (SSSR count). The maximum atomic E-state index is 11.9. The van der Waals surface area contributed by atoms with Crippen molar-refractivity contribution in [3.05, 3.63) is 42.0 Å². The average Bonchev–Trinajstić information content (AvgIpc) is 3.16. The first-order chi connectivity index (χ1) is 13.0. The Kier molecular flexibility index (Phi) is 5.71. The van der Waals surface area contributed by atoms with E-state index in [1.807, 2.05) is 43.5 Å². The highest BCUT2D eigenvalue weighted by atomic mass is 32.1. The number of carbonyl (C=O) groups excluding carboxylic acids is 1. The number of rotatable bonds is 6. The molecule has 0 fully saturated rings. The molecule has 0 aliphatic rings. The number of nitrogens with one attached hydrogen (secondary N) is 1. The molecule has 2 aromatic heterocycles. The third kappa shape index (κ3) is 4.25. The predicted octanol–water partition coefficient (Wildman–Crippen LogP) is 4.48. The van der Waals surface area contributed by atoms with Crippen LogP contribution in [-0.4, -0.2) is 30.1 Å². The fourth-order valence-corrected chi connectivity index (χ4v) is 3.24. The van der Waals surface area contributed by atoms with Gasteiger partial charge in [0, 0.05) is 16.9 Å². The zero-order valence-corrected chi connectivity index (χ0v) is 16.5. The lowest BCUT2D eigenvalue weighted by atomic mass is 10.1. The molecule has 1 N–H and O–H groups in total. The summed E-state index contributed by atoms with van der Waals surface area (Å²) < 4.78 is 10.6. The van der Waals surface area contributed by atoms with E-state index >= 15 is 0 Å². The molecule has 0 saturated heterocycles. The molecule has 27 heavy (non-hydrogen) atoms. The molecule has 0 aliphatic carbocycles. The van der Waals surface area contributed by atoms with E-state index < -0.39 is 0 Å². The maximum Gasteiger partial charge on any atom is 0.226 e. The number of benzene rings is 1. The second kappa shape index (κ2) is 8.18. The first-order valence-corrected chi connectivity index (χ1v) is 9.34. The number of ether oxygens (including phenoxy) is 2. The van der Waals surface area contributed by atoms with Gasteiger partial charge in [0.15, 0.2) is 11.5 Å². The van der Waals surface area contributed by atoms with E-state index in [9.17, 15) is 4.79 Å². The summed E-state index contributed by atoms with van der Waals surface area (Å²) in [6, 6.07) is 7.54. The molecule has 0 saturated carbocycles. The van der Waals surface area contributed by atoms with Gasteiger partial charge in [-0.3, -0.25) is 9.78 Å². The first-order valence-electron chi connectivity index (χ1n) is 8.46. The second-order valence-corrected chi connectivity index (χ2v) is 7.11. The molecule has 0 spiro atoms. The third-order valence-corrected chi connectivity index (χ3v) is 4.91. The Morgan fingerprint density at radius 1 is 1.07 bits per heavy atom. The van der Waals surface area contributed by atoms with Crippen LogP contribution in [0.5, 0.6) is 11.5 Å². The molecule has 0 atom stereocenters. The Hall–Kier alpha value is -2.93. The summed E-state index contributed by atoms with van der Waals surface area (Å²) in [7, 11) is 3.20. The smallest absolute Gasteiger partial charge is 0.226 e. The van der Waals surface area contributed by atoms with Gasteiger partial charge in [-0.1, -0.05) is 13.8 Å². The fraction of sp³-hybridized carbons (Fsp3) is 0.250. The number of methoxy groups -OCH3 is 2. The second-order valence-electron chi connectivity index (χ2n) is 6.20. The van der Waals surface area contributed by atoms with Gasteiger partial charge in [0.1, 0.15) is 0 Å². The van der Waals surface area contributed by atoms with Gasteiger partial charge in [-0.2, -0.15) is 0 Å². The van der Waals surface area contributed by atoms with Gasteiger partial charge < -0.3 is 14.8 Å². The van der Waals surface area contributed by atoms with Crippen molar-refractivity contribution in [1.29, 1.82) is 0 Å². The molecule has 0 unspecified atom stereocenters. The first kappa shape index (κ1) is 18.8. The van der Waals surface area contributed by atoms with E-state index in [0.29, 0.717) is 11.5 Å². The summed E-state index contributed by atoms with van der Waals surface area (Å²) in [6.45, 7) is 3.72. The lowest BCUT2D eigenvalue weighted by Crippen LogP contribution is -2.17. The monoisotopic (exact) mass is 383 g/mol. The Morgan fingerprint density at radius 3 is 2.52 bits per heavy atom. The lowest BCUT2D eigenvalue weighted by molar-refractivity contribution is -0.118. The molecule has 0 aliphatic heterocycles. The largest absolute Gasteiger partial charge is 0.493 e. The number of thiophene rings is 1. The van der Waals surface area contributed by atoms with Gasteiger partial charge in [0.25, 0.3) is 0 Å². The summed E-state index contributed by atoms with van der Waals surface area (Å²) in [5.41, 5.74) is 3.13. The van der Waals surface area contributed by atoms with Crippen LogP contribution in [-0.2, 0) is 4.79 Å². The predicted molar refractivity (Wildman–Crippen MR) is 107 cm³/mol. The summed E-state index contributed by atoms with van der Waals surface area (Å²) in [5.74, 6) is 1.22. The quantitative estimate of drug-likeness (QED) is 0.679. The minimum atomic E-state index is -0.0680. The molecular weight excluding hydrogens is 362 g/mol. The molecule has 0 bridgehead atoms. The van der Waals surface area contributed by atoms with Crippen molar-refractivity contribution in [1.82, 2.24) is 9.97 Å². The van der Waals surface area contributed by atoms with Crippen molar-refractivity contribution < 1.29 is 14.3 Å². The van der Waals surface area contributed by atoms with E-state index in [-0.39, 0.29) is 11.8 Å². The van der Waals surface area contributed by atoms with Crippen molar-refractivity contribution in [2.24, 2.45) is 5.92 Å². The Labute approximate surface area is 162 Å². The molecule has 1 aromatic carbocycles. The molecular formula is C20H21N3O3S. The zero-order valence-electron chi connectivity index (χ0n) is 15.6. The summed E-state index contributed by atoms with van der Waals surface area (Å²) in [5, 5.41) is 4.80. The summed E-state index contributed by atoms with van der Waals surface area (Å²) in [6.07, 6.45) is 3.42. The number of carbonyl (C=O) groups is 1. The van der Waals surface area contributed by atoms with E-state index in [4.69, 9.17) is 14.5 Å². The molecule has 1 amide bonds. The van der Waals surface area contributed by atoms with Crippen LogP contribution in [0.3, 0.4) is 0 Å². The van der Waals surface area contributed by atoms with Crippen LogP contribution in [0, 0.1) is 5.92 Å². The van der Waals surface area contributed by atoms with Crippen LogP contribution < -0.4 is 14.8 Å². The third-order valence-electron chi connectivity index (χ3n) is 3.96. The standard InChI is InChI=1S/C20H21N3O3S/c1-12(2)20(24)22-14-8-19(27-11-14)16-10-21-9-15(23-16)13-5-6-17(25-3)18(7-13)26-4/h5-12H,1-4H3,(H,22,24). The SMILES string of the molecule is COc1ccc(-c2cncc(-c3cc(NC(=O)C(C)C)cs3)n2)cc1OC. The summed E-state index contributed by atoms with van der Waals surface area (Å²) >= 11 is 1.51. The molecule has 3 aromatic rings. The number of aromatic nitrogens is 2. The van der Waals surface area contributed by atoms with Crippen LogP contribution in [0.2, 0.25) is 0 Å². The molecule has 140 valence electrons. The van der Waals surface area contributed by atoms with Crippen LogP contribution in [0.15, 0.2) is 42.0 Å². The highest BCUT2D eigenvalue weighted by Crippen LogP contribution is 2.33. The van der Waals surface area contributed by atoms with Crippen molar-refractivity contribution in [2.75, 3.05) is 19.5 Å². The lowest BCUT2D eigenvalue weighted by Gasteiger charge is -2.09. The minimum Gasteiger partial charge on any atom is -0.493 e. The van der Waals surface area contributed by atoms with Crippen LogP contribution in [0.4, 0.5) is 5.69 Å². The highest BCUT2D eigenvalue weighted by molar-refractivity contribution is 7.14. The van der Waals surface area contributed by atoms with Gasteiger partial charge in [-0.05, 0) is 24.3 Å². The normalized spacial score (nSPS) is 10.7. The van der Waals surface area contributed by atoms with Gasteiger partial charge >= 0.3 is 0 Å². The topological polar surface area (TPSA) is 73.3 Å². The summed E-state index contributed by atoms with van der Waals surface area (Å²) in [4.78, 5) is 21.8. The van der Waals surface area contributed by atoms with Gasteiger partial charge in [0.2, 0.25) is 5.91 Å². The van der Waals surface area contributed by atoms with E-state index in [1.54, 1.807) is 26.6 Å². The zero-order chi connectivity index (χ0) is 19.4. The van der Waals surface area contributed by atoms with Gasteiger partial charge in [-0.25, -0.2) is 4.98 Å². The van der Waals surface area contributed by atoms with Crippen molar-refractivity contribution in [2.45, 2.75) is 13.8 Å². The number of anilines is 1. The fourth-order valence-electron chi connectivity index (χ4n) is 2.44. The van der Waals surface area contributed by atoms with Crippen molar-refractivity contribution in [3.8, 4) is 33.3 Å². The van der Waals surface area contributed by atoms with E-state index in [2.05, 4.69) is 10.3 Å². The molecule has 0 radical (unpaired) electrons. The Balaban J connectivity index is 1.88. The van der Waals surface area contributed by atoms with Crippen molar-refractivity contribution >= 4 is 22.9 Å². The minimum absolute atomic E-state index is 0.00971. The van der Waals surface area contributed by atoms with Crippen LogP contribution >= 0.6 is 11.3 Å². The van der Waals surface area contributed by atoms with Crippen molar-refractivity contribution in [3.63, 3.8) is 0 Å². The number of nitrogens with zero attached hydrogens (tertiary/aromatic N) is 2. The number of hydrogen-bond acceptors (Lipinski definition) is 6. The highest BCUT2D eigenvalue weighted by Gasteiger charge is 2.12. The van der Waals surface area contributed by atoms with Gasteiger partial charge in [-0.15, -0.1) is 11.3 Å². The van der Waals surface area contributed by atoms with E-state index in [1.165, 1.54) is 11.3 Å². The molecule has 6 nitrogen and oxygen atoms in total. The average molecular weight is 383 g/mol. The maximum absolute atomic E-state index is 11.9. The van der Waals surface area contributed by atoms with E-state index in [0.717, 1.165) is 27.5 Å². The number of amides is 1. The number of hydrogen-bond donors (Lipinski definition) is 1. The Bertz CT molecular complexity index is 953. The Morgan fingerprint density at radius 2 is 1.81 bits per heavy atom. The van der Waals surface area contributed by atoms with Crippen LogP contribution in [0.1, 0.15) is 13.8 Å².